The molecule has 0 saturated carbocycles. The van der Waals surface area contributed by atoms with Crippen molar-refractivity contribution in [3.05, 3.63) is 64.1 Å². The van der Waals surface area contributed by atoms with E-state index in [1.165, 1.54) is 19.6 Å². The third kappa shape index (κ3) is 12.8. The number of carbonyl (C=O) groups is 2. The van der Waals surface area contributed by atoms with E-state index in [9.17, 15) is 34.8 Å². The van der Waals surface area contributed by atoms with E-state index < -0.39 is 96.2 Å². The number of Topliss-reactive ketones (excluding diaryl/α,β-unsaturated/α-hetero) is 1. The first-order valence-corrected chi connectivity index (χ1v) is 24.6. The molecule has 0 bridgehead atoms. The minimum atomic E-state index is -1.97. The minimum Gasteiger partial charge on any atom is -0.459 e. The lowest BCUT2D eigenvalue weighted by Gasteiger charge is -2.49. The molecule has 3 fully saturated rings. The van der Waals surface area contributed by atoms with E-state index in [2.05, 4.69) is 17.0 Å². The molecule has 0 spiro atoms. The molecule has 0 amide bonds. The predicted octanol–water partition coefficient (Wildman–Crippen LogP) is 5.52. The molecule has 0 aliphatic carbocycles. The fourth-order valence-corrected chi connectivity index (χ4v) is 10.8. The maximum Gasteiger partial charge on any atom is 0.311 e. The van der Waals surface area contributed by atoms with Crippen LogP contribution in [0.4, 0.5) is 0 Å². The molecule has 378 valence electrons. The van der Waals surface area contributed by atoms with Crippen molar-refractivity contribution in [2.24, 2.45) is 29.6 Å². The van der Waals surface area contributed by atoms with E-state index in [4.69, 9.17) is 28.4 Å². The number of esters is 1. The molecule has 67 heavy (non-hydrogen) atoms. The smallest absolute Gasteiger partial charge is 0.311 e. The molecule has 4 N–H and O–H groups in total. The summed E-state index contributed by atoms with van der Waals surface area (Å²) >= 11 is 0. The highest BCUT2D eigenvalue weighted by Crippen LogP contribution is 2.41. The second-order valence-electron chi connectivity index (χ2n) is 20.7. The first-order valence-electron chi connectivity index (χ1n) is 24.6. The van der Waals surface area contributed by atoms with E-state index in [1.54, 1.807) is 45.3 Å². The summed E-state index contributed by atoms with van der Waals surface area (Å²) < 4.78 is 40.5. The number of benzene rings is 1. The molecule has 4 heterocycles. The molecule has 5 rings (SSSR count). The van der Waals surface area contributed by atoms with Gasteiger partial charge in [0.2, 0.25) is 0 Å². The van der Waals surface area contributed by atoms with Crippen LogP contribution in [0.25, 0.3) is 5.69 Å². The number of ether oxygens (including phenoxy) is 6. The molecule has 18 atom stereocenters. The number of pyridine rings is 1. The largest absolute Gasteiger partial charge is 0.459 e. The van der Waals surface area contributed by atoms with Crippen LogP contribution in [-0.2, 0) is 44.4 Å². The predicted molar refractivity (Wildman–Crippen MR) is 253 cm³/mol. The number of aliphatic hydroxyl groups is 4. The van der Waals surface area contributed by atoms with Gasteiger partial charge in [0.05, 0.1) is 48.1 Å². The third-order valence-corrected chi connectivity index (χ3v) is 15.2. The summed E-state index contributed by atoms with van der Waals surface area (Å²) in [5, 5.41) is 46.3. The van der Waals surface area contributed by atoms with Gasteiger partial charge in [-0.2, -0.15) is 0 Å². The summed E-state index contributed by atoms with van der Waals surface area (Å²) in [5.41, 5.74) is -0.328. The number of cyclic esters (lactones) is 1. The van der Waals surface area contributed by atoms with E-state index in [0.29, 0.717) is 19.4 Å². The van der Waals surface area contributed by atoms with E-state index in [-0.39, 0.29) is 42.2 Å². The van der Waals surface area contributed by atoms with Crippen LogP contribution in [0.3, 0.4) is 0 Å². The fraction of sp³-hybridized carbons (Fsp3) is 0.750. The Labute approximate surface area is 398 Å². The minimum absolute atomic E-state index is 0.0761. The van der Waals surface area contributed by atoms with Gasteiger partial charge in [-0.1, -0.05) is 52.8 Å². The van der Waals surface area contributed by atoms with Gasteiger partial charge in [-0.3, -0.25) is 19.0 Å². The van der Waals surface area contributed by atoms with Gasteiger partial charge in [0, 0.05) is 55.3 Å². The van der Waals surface area contributed by atoms with Crippen LogP contribution in [0.15, 0.2) is 47.4 Å². The van der Waals surface area contributed by atoms with Crippen LogP contribution in [0, 0.1) is 36.5 Å². The van der Waals surface area contributed by atoms with Crippen LogP contribution >= 0.6 is 0 Å². The van der Waals surface area contributed by atoms with Crippen LogP contribution in [-0.4, -0.2) is 141 Å². The molecule has 2 aromatic rings. The zero-order valence-electron chi connectivity index (χ0n) is 42.3. The number of methoxy groups -OCH3 is 1. The van der Waals surface area contributed by atoms with Crippen molar-refractivity contribution in [3.63, 3.8) is 0 Å². The van der Waals surface area contributed by atoms with Gasteiger partial charge in [0.1, 0.15) is 23.6 Å². The maximum absolute atomic E-state index is 14.3. The lowest BCUT2D eigenvalue weighted by atomic mass is 9.74. The number of hydrogen-bond donors (Lipinski definition) is 4. The molecule has 15 nitrogen and oxygen atoms in total. The highest BCUT2D eigenvalue weighted by Gasteiger charge is 2.53. The highest BCUT2D eigenvalue weighted by molar-refractivity contribution is 5.83. The van der Waals surface area contributed by atoms with Gasteiger partial charge in [-0.05, 0) is 123 Å². The maximum atomic E-state index is 14.3. The Hall–Kier alpha value is -3.09. The third-order valence-electron chi connectivity index (χ3n) is 15.2. The number of carbonyl (C=O) groups excluding carboxylic acids is 2. The van der Waals surface area contributed by atoms with Crippen molar-refractivity contribution in [1.82, 2.24) is 9.47 Å². The van der Waals surface area contributed by atoms with Gasteiger partial charge in [0.25, 0.3) is 5.56 Å². The standard InChI is InChI=1S/C52H82N2O13/c1-14-40-52(11,61)47(59)33(6)43(56)31(4)27-51(10,62-13)48(34(7)46(35(8)49(60)65-40)66-42-25-30(3)44(57)36(9)64-42)67-50-45(58)39(26-32(5)63-50)53(12)24-16-15-17-37-19-21-38(22-20-37)54-28-29(2)18-23-41(54)55/h18-23,28,30-36,39-40,42,44-48,50,57-59,61H,14-17,24-27H2,1-13H3/t30-,31+,32+,33-,34-,35+,36-,39-,40?,42?,44+,45+,46+,47+,48+,50?,51-,52+/m0/s1. The fourth-order valence-electron chi connectivity index (χ4n) is 10.8. The number of likely N-dealkylation sites (N-methyl/N-ethyl adjacent to an activating group) is 1. The molecule has 1 aromatic carbocycles. The van der Waals surface area contributed by atoms with Crippen molar-refractivity contribution < 1.29 is 58.4 Å². The molecule has 1 aromatic heterocycles. The van der Waals surface area contributed by atoms with Crippen molar-refractivity contribution >= 4 is 11.8 Å². The Bertz CT molecular complexity index is 1960. The topological polar surface area (TPSA) is 196 Å². The molecular formula is C52H82N2O13. The second-order valence-corrected chi connectivity index (χ2v) is 20.7. The first kappa shape index (κ1) is 54.8. The number of unbranched alkanes of at least 4 members (excludes halogenated alkanes) is 1. The van der Waals surface area contributed by atoms with Crippen LogP contribution < -0.4 is 5.56 Å². The Morgan fingerprint density at radius 2 is 1.54 bits per heavy atom. The zero-order chi connectivity index (χ0) is 49.7. The second kappa shape index (κ2) is 23.2. The molecule has 3 aliphatic heterocycles. The van der Waals surface area contributed by atoms with Crippen molar-refractivity contribution in [1.29, 1.82) is 0 Å². The van der Waals surface area contributed by atoms with Gasteiger partial charge in [-0.25, -0.2) is 0 Å². The van der Waals surface area contributed by atoms with Gasteiger partial charge < -0.3 is 53.7 Å². The molecular weight excluding hydrogens is 861 g/mol. The van der Waals surface area contributed by atoms with E-state index >= 15 is 0 Å². The summed E-state index contributed by atoms with van der Waals surface area (Å²) in [5.74, 6) is -4.64. The average molecular weight is 943 g/mol. The summed E-state index contributed by atoms with van der Waals surface area (Å²) in [6.45, 7) is 20.1. The summed E-state index contributed by atoms with van der Waals surface area (Å²) in [7, 11) is 3.52. The van der Waals surface area contributed by atoms with Crippen LogP contribution in [0.2, 0.25) is 0 Å². The van der Waals surface area contributed by atoms with Gasteiger partial charge in [0.15, 0.2) is 12.6 Å². The summed E-state index contributed by atoms with van der Waals surface area (Å²) in [6, 6.07) is 11.1. The number of aryl methyl sites for hydroxylation is 2. The van der Waals surface area contributed by atoms with Crippen LogP contribution in [0.1, 0.15) is 119 Å². The summed E-state index contributed by atoms with van der Waals surface area (Å²) in [6.07, 6.45) is -3.75. The van der Waals surface area contributed by atoms with Gasteiger partial charge in [-0.15, -0.1) is 0 Å². The number of ketones is 1. The number of rotatable bonds is 13. The lowest BCUT2D eigenvalue weighted by molar-refractivity contribution is -0.312. The van der Waals surface area contributed by atoms with E-state index in [0.717, 1.165) is 30.5 Å². The number of aliphatic hydroxyl groups excluding tert-OH is 3. The normalized spacial score (nSPS) is 39.5. The molecule has 3 aliphatic rings. The monoisotopic (exact) mass is 943 g/mol. The Morgan fingerprint density at radius 3 is 2.16 bits per heavy atom. The number of aromatic nitrogens is 1. The number of nitrogens with zero attached hydrogens (tertiary/aromatic N) is 2. The lowest BCUT2D eigenvalue weighted by Crippen LogP contribution is -2.61. The SMILES string of the molecule is CCC1OC(=O)[C@H](C)[C@H](OC2C[C@H](C)[C@@H](O)[C@H](C)O2)[C@H](C)[C@@H](OC2O[C@H](C)C[C@H](N(C)CCCCc3ccc(-n4cc(C)ccc4=O)cc3)[C@H]2O)[C@@](C)(OC)C[C@@H](C)C(=O)[C@H](C)[C@@H](O)[C@]1(C)O. The van der Waals surface area contributed by atoms with Gasteiger partial charge >= 0.3 is 5.97 Å². The molecule has 3 saturated heterocycles. The van der Waals surface area contributed by atoms with Crippen molar-refractivity contribution in [2.75, 3.05) is 20.7 Å². The van der Waals surface area contributed by atoms with Crippen molar-refractivity contribution in [3.8, 4) is 5.69 Å². The van der Waals surface area contributed by atoms with Crippen LogP contribution in [0.5, 0.6) is 0 Å². The Balaban J connectivity index is 1.41. The van der Waals surface area contributed by atoms with Crippen molar-refractivity contribution in [2.45, 2.75) is 200 Å². The number of hydrogen-bond acceptors (Lipinski definition) is 14. The average Bonchev–Trinajstić information content (AvgIpc) is 3.29. The quantitative estimate of drug-likeness (QED) is 0.145. The molecule has 3 unspecified atom stereocenters. The molecule has 0 radical (unpaired) electrons. The highest BCUT2D eigenvalue weighted by atomic mass is 16.7. The Kier molecular flexibility index (Phi) is 19.0. The molecule has 15 heteroatoms. The Morgan fingerprint density at radius 1 is 0.866 bits per heavy atom. The first-order chi connectivity index (χ1) is 31.4. The summed E-state index contributed by atoms with van der Waals surface area (Å²) in [4.78, 5) is 43.1. The zero-order valence-corrected chi connectivity index (χ0v) is 42.3. The van der Waals surface area contributed by atoms with E-state index in [1.807, 2.05) is 66.1 Å².